The lowest BCUT2D eigenvalue weighted by molar-refractivity contribution is -0.149. The smallest absolute Gasteiger partial charge is 0.311 e. The van der Waals surface area contributed by atoms with Gasteiger partial charge in [0.05, 0.1) is 18.6 Å². The summed E-state index contributed by atoms with van der Waals surface area (Å²) in [6, 6.07) is 0. The van der Waals surface area contributed by atoms with E-state index in [2.05, 4.69) is 15.5 Å². The van der Waals surface area contributed by atoms with Gasteiger partial charge in [0.1, 0.15) is 6.61 Å². The molecule has 9 heteroatoms. The summed E-state index contributed by atoms with van der Waals surface area (Å²) in [5.74, 6) is -0.518. The first-order valence-electron chi connectivity index (χ1n) is 6.23. The lowest BCUT2D eigenvalue weighted by atomic mass is 9.88. The zero-order chi connectivity index (χ0) is 15.2. The maximum absolute atomic E-state index is 11.9. The van der Waals surface area contributed by atoms with Crippen LogP contribution in [0.3, 0.4) is 0 Å². The number of carboxylic acid groups (broad SMARTS) is 1. The lowest BCUT2D eigenvalue weighted by Crippen LogP contribution is -2.33. The maximum Gasteiger partial charge on any atom is 0.311 e. The Balaban J connectivity index is 2.60. The van der Waals surface area contributed by atoms with E-state index in [1.165, 1.54) is 4.68 Å². The van der Waals surface area contributed by atoms with Crippen molar-refractivity contribution in [1.29, 1.82) is 0 Å². The van der Waals surface area contributed by atoms with Gasteiger partial charge in [-0.25, -0.2) is 13.5 Å². The van der Waals surface area contributed by atoms with Crippen molar-refractivity contribution in [1.82, 2.24) is 20.2 Å². The number of tetrazole rings is 1. The standard InChI is InChI=1S/C11H18F2N4O3/c1-3-11(2,10(18)19)7-17-9(14-15-16-17)4-5-20-6-8(12)13/h8H,3-7H2,1-2H3,(H,18,19). The number of alkyl halides is 2. The molecule has 1 unspecified atom stereocenters. The van der Waals surface area contributed by atoms with Crippen molar-refractivity contribution in [2.45, 2.75) is 39.7 Å². The molecule has 0 amide bonds. The molecule has 20 heavy (non-hydrogen) atoms. The minimum absolute atomic E-state index is 0.0562. The van der Waals surface area contributed by atoms with E-state index in [0.717, 1.165) is 0 Å². The normalized spacial score (nSPS) is 14.4. The van der Waals surface area contributed by atoms with Crippen LogP contribution in [-0.2, 0) is 22.5 Å². The van der Waals surface area contributed by atoms with E-state index < -0.39 is 24.4 Å². The molecule has 0 aliphatic heterocycles. The molecule has 0 spiro atoms. The highest BCUT2D eigenvalue weighted by molar-refractivity contribution is 5.73. The Hall–Kier alpha value is -1.64. The van der Waals surface area contributed by atoms with E-state index in [1.54, 1.807) is 13.8 Å². The second kappa shape index (κ2) is 7.22. The van der Waals surface area contributed by atoms with Gasteiger partial charge in [-0.05, 0) is 23.8 Å². The summed E-state index contributed by atoms with van der Waals surface area (Å²) >= 11 is 0. The molecular weight excluding hydrogens is 274 g/mol. The third kappa shape index (κ3) is 4.48. The summed E-state index contributed by atoms with van der Waals surface area (Å²) < 4.78 is 29.9. The highest BCUT2D eigenvalue weighted by atomic mass is 19.3. The zero-order valence-electron chi connectivity index (χ0n) is 11.4. The van der Waals surface area contributed by atoms with E-state index in [0.29, 0.717) is 12.2 Å². The van der Waals surface area contributed by atoms with Crippen molar-refractivity contribution < 1.29 is 23.4 Å². The Labute approximate surface area is 114 Å². The van der Waals surface area contributed by atoms with Crippen LogP contribution in [0.4, 0.5) is 8.78 Å². The van der Waals surface area contributed by atoms with E-state index in [4.69, 9.17) is 4.74 Å². The molecule has 1 atom stereocenters. The van der Waals surface area contributed by atoms with Crippen molar-refractivity contribution >= 4 is 5.97 Å². The van der Waals surface area contributed by atoms with Gasteiger partial charge >= 0.3 is 5.97 Å². The fourth-order valence-electron chi connectivity index (χ4n) is 1.52. The molecule has 0 bridgehead atoms. The number of aromatic nitrogens is 4. The lowest BCUT2D eigenvalue weighted by Gasteiger charge is -2.22. The molecule has 1 rings (SSSR count). The predicted molar refractivity (Wildman–Crippen MR) is 64.4 cm³/mol. The van der Waals surface area contributed by atoms with Crippen LogP contribution in [0.1, 0.15) is 26.1 Å². The Morgan fingerprint density at radius 2 is 2.25 bits per heavy atom. The Kier molecular flexibility index (Phi) is 5.93. The van der Waals surface area contributed by atoms with Crippen molar-refractivity contribution in [2.24, 2.45) is 5.41 Å². The van der Waals surface area contributed by atoms with Crippen molar-refractivity contribution in [3.8, 4) is 0 Å². The summed E-state index contributed by atoms with van der Waals surface area (Å²) in [5, 5.41) is 20.2. The SMILES string of the molecule is CCC(C)(Cn1nnnc1CCOCC(F)F)C(=O)O. The van der Waals surface area contributed by atoms with Crippen LogP contribution in [-0.4, -0.2) is 50.9 Å². The fraction of sp³-hybridized carbons (Fsp3) is 0.818. The Morgan fingerprint density at radius 3 is 2.80 bits per heavy atom. The van der Waals surface area contributed by atoms with Crippen molar-refractivity contribution in [3.63, 3.8) is 0 Å². The number of nitrogens with zero attached hydrogens (tertiary/aromatic N) is 4. The average Bonchev–Trinajstić information content (AvgIpc) is 2.81. The zero-order valence-corrected chi connectivity index (χ0v) is 11.4. The van der Waals surface area contributed by atoms with Crippen molar-refractivity contribution in [3.05, 3.63) is 5.82 Å². The van der Waals surface area contributed by atoms with Gasteiger partial charge < -0.3 is 9.84 Å². The molecule has 0 saturated carbocycles. The van der Waals surface area contributed by atoms with Crippen LogP contribution in [0, 0.1) is 5.41 Å². The topological polar surface area (TPSA) is 90.1 Å². The number of hydrogen-bond acceptors (Lipinski definition) is 5. The number of carbonyl (C=O) groups is 1. The molecule has 1 aromatic heterocycles. The van der Waals surface area contributed by atoms with E-state index in [-0.39, 0.29) is 19.6 Å². The maximum atomic E-state index is 11.9. The van der Waals surface area contributed by atoms with Gasteiger partial charge in [0, 0.05) is 6.42 Å². The third-order valence-corrected chi connectivity index (χ3v) is 3.12. The third-order valence-electron chi connectivity index (χ3n) is 3.12. The predicted octanol–water partition coefficient (Wildman–Crippen LogP) is 0.998. The van der Waals surface area contributed by atoms with Gasteiger partial charge in [-0.1, -0.05) is 6.92 Å². The van der Waals surface area contributed by atoms with Gasteiger partial charge in [0.2, 0.25) is 0 Å². The Bertz CT molecular complexity index is 441. The van der Waals surface area contributed by atoms with Crippen LogP contribution < -0.4 is 0 Å². The molecule has 0 aliphatic rings. The monoisotopic (exact) mass is 292 g/mol. The highest BCUT2D eigenvalue weighted by Gasteiger charge is 2.33. The fourth-order valence-corrected chi connectivity index (χ4v) is 1.52. The molecule has 0 fully saturated rings. The first-order valence-corrected chi connectivity index (χ1v) is 6.23. The van der Waals surface area contributed by atoms with Gasteiger partial charge in [-0.3, -0.25) is 4.79 Å². The van der Waals surface area contributed by atoms with Crippen LogP contribution in [0.15, 0.2) is 0 Å². The van der Waals surface area contributed by atoms with E-state index in [1.807, 2.05) is 0 Å². The molecule has 0 aliphatic carbocycles. The van der Waals surface area contributed by atoms with Gasteiger partial charge in [-0.2, -0.15) is 0 Å². The summed E-state index contributed by atoms with van der Waals surface area (Å²) in [6.07, 6.45) is -1.84. The summed E-state index contributed by atoms with van der Waals surface area (Å²) in [6.45, 7) is 2.91. The van der Waals surface area contributed by atoms with Crippen LogP contribution in [0.25, 0.3) is 0 Å². The summed E-state index contributed by atoms with van der Waals surface area (Å²) in [4.78, 5) is 11.2. The first-order chi connectivity index (χ1) is 9.39. The minimum atomic E-state index is -2.51. The average molecular weight is 292 g/mol. The van der Waals surface area contributed by atoms with Gasteiger partial charge in [-0.15, -0.1) is 5.10 Å². The number of aliphatic carboxylic acids is 1. The Morgan fingerprint density at radius 1 is 1.55 bits per heavy atom. The number of ether oxygens (including phenoxy) is 1. The molecule has 114 valence electrons. The molecular formula is C11H18F2N4O3. The van der Waals surface area contributed by atoms with Crippen LogP contribution in [0.5, 0.6) is 0 Å². The molecule has 1 heterocycles. The van der Waals surface area contributed by atoms with Gasteiger partial charge in [0.15, 0.2) is 5.82 Å². The molecule has 0 radical (unpaired) electrons. The summed E-state index contributed by atoms with van der Waals surface area (Å²) in [7, 11) is 0. The second-order valence-electron chi connectivity index (χ2n) is 4.69. The molecule has 0 saturated heterocycles. The van der Waals surface area contributed by atoms with Crippen molar-refractivity contribution in [2.75, 3.05) is 13.2 Å². The highest BCUT2D eigenvalue weighted by Crippen LogP contribution is 2.23. The number of rotatable bonds is 9. The van der Waals surface area contributed by atoms with Crippen LogP contribution in [0.2, 0.25) is 0 Å². The van der Waals surface area contributed by atoms with Crippen LogP contribution >= 0.6 is 0 Å². The molecule has 7 nitrogen and oxygen atoms in total. The van der Waals surface area contributed by atoms with E-state index >= 15 is 0 Å². The minimum Gasteiger partial charge on any atom is -0.481 e. The van der Waals surface area contributed by atoms with E-state index in [9.17, 15) is 18.7 Å². The largest absolute Gasteiger partial charge is 0.481 e. The number of hydrogen-bond donors (Lipinski definition) is 1. The number of carboxylic acids is 1. The summed E-state index contributed by atoms with van der Waals surface area (Å²) in [5.41, 5.74) is -0.978. The van der Waals surface area contributed by atoms with Gasteiger partial charge in [0.25, 0.3) is 6.43 Å². The molecule has 1 aromatic rings. The molecule has 1 N–H and O–H groups in total. The number of halogens is 2. The second-order valence-corrected chi connectivity index (χ2v) is 4.69. The quantitative estimate of drug-likeness (QED) is 0.683. The first kappa shape index (κ1) is 16.4. The molecule has 0 aromatic carbocycles.